The zero-order valence-corrected chi connectivity index (χ0v) is 16.4. The summed E-state index contributed by atoms with van der Waals surface area (Å²) >= 11 is 0. The molecule has 148 valence electrons. The Bertz CT molecular complexity index is 794. The monoisotopic (exact) mass is 380 g/mol. The van der Waals surface area contributed by atoms with E-state index in [1.165, 1.54) is 12.8 Å². The standard InChI is InChI=1S/C22H28N4O2/c1-28-21-9-5-4-8-20(21)26-14-12-25(13-15-26)18-10-11-19(23-16-18)22(27)24-17-6-2-3-7-17/h4-5,8-11,16-17H,2-3,6-7,12-15H2,1H3,(H,24,27). The summed E-state index contributed by atoms with van der Waals surface area (Å²) < 4.78 is 5.49. The number of piperazine rings is 1. The Balaban J connectivity index is 1.35. The fourth-order valence-electron chi connectivity index (χ4n) is 4.13. The normalized spacial score (nSPS) is 17.6. The summed E-state index contributed by atoms with van der Waals surface area (Å²) in [4.78, 5) is 21.4. The molecule has 6 nitrogen and oxygen atoms in total. The van der Waals surface area contributed by atoms with Crippen LogP contribution in [0.1, 0.15) is 36.2 Å². The second-order valence-corrected chi connectivity index (χ2v) is 7.50. The SMILES string of the molecule is COc1ccccc1N1CCN(c2ccc(C(=O)NC3CCCC3)nc2)CC1. The topological polar surface area (TPSA) is 57.7 Å². The lowest BCUT2D eigenvalue weighted by molar-refractivity contribution is 0.0933. The number of pyridine rings is 1. The molecule has 1 amide bonds. The van der Waals surface area contributed by atoms with Crippen LogP contribution in [-0.2, 0) is 0 Å². The van der Waals surface area contributed by atoms with Crippen molar-refractivity contribution in [3.05, 3.63) is 48.3 Å². The first kappa shape index (κ1) is 18.6. The highest BCUT2D eigenvalue weighted by molar-refractivity contribution is 5.92. The Morgan fingerprint density at radius 3 is 2.43 bits per heavy atom. The minimum absolute atomic E-state index is 0.0561. The molecule has 1 saturated heterocycles. The van der Waals surface area contributed by atoms with E-state index in [-0.39, 0.29) is 5.91 Å². The number of benzene rings is 1. The van der Waals surface area contributed by atoms with Crippen LogP contribution in [0.15, 0.2) is 42.6 Å². The molecular weight excluding hydrogens is 352 g/mol. The fourth-order valence-corrected chi connectivity index (χ4v) is 4.13. The molecule has 1 saturated carbocycles. The van der Waals surface area contributed by atoms with Crippen molar-refractivity contribution in [2.24, 2.45) is 0 Å². The highest BCUT2D eigenvalue weighted by Crippen LogP contribution is 2.29. The van der Waals surface area contributed by atoms with E-state index in [4.69, 9.17) is 4.74 Å². The third kappa shape index (κ3) is 4.06. The number of hydrogen-bond donors (Lipinski definition) is 1. The Morgan fingerprint density at radius 1 is 1.04 bits per heavy atom. The van der Waals surface area contributed by atoms with E-state index < -0.39 is 0 Å². The fraction of sp³-hybridized carbons (Fsp3) is 0.455. The predicted octanol–water partition coefficient (Wildman–Crippen LogP) is 3.09. The molecule has 2 aromatic rings. The molecular formula is C22H28N4O2. The molecule has 1 aliphatic carbocycles. The first-order chi connectivity index (χ1) is 13.7. The van der Waals surface area contributed by atoms with Gasteiger partial charge >= 0.3 is 0 Å². The zero-order chi connectivity index (χ0) is 19.3. The van der Waals surface area contributed by atoms with Gasteiger partial charge in [-0.05, 0) is 37.1 Å². The summed E-state index contributed by atoms with van der Waals surface area (Å²) in [5, 5.41) is 3.10. The molecule has 2 heterocycles. The van der Waals surface area contributed by atoms with Crippen molar-refractivity contribution in [2.45, 2.75) is 31.7 Å². The van der Waals surface area contributed by atoms with Gasteiger partial charge in [-0.1, -0.05) is 25.0 Å². The molecule has 0 spiro atoms. The molecule has 1 aliphatic heterocycles. The number of para-hydroxylation sites is 2. The van der Waals surface area contributed by atoms with Gasteiger partial charge in [0, 0.05) is 32.2 Å². The summed E-state index contributed by atoms with van der Waals surface area (Å²) in [5.41, 5.74) is 2.71. The number of carbonyl (C=O) groups excluding carboxylic acids is 1. The number of hydrogen-bond acceptors (Lipinski definition) is 5. The van der Waals surface area contributed by atoms with E-state index in [1.54, 1.807) is 7.11 Å². The number of anilines is 2. The van der Waals surface area contributed by atoms with E-state index in [0.29, 0.717) is 11.7 Å². The van der Waals surface area contributed by atoms with Crippen LogP contribution in [-0.4, -0.2) is 50.2 Å². The van der Waals surface area contributed by atoms with E-state index in [1.807, 2.05) is 36.5 Å². The van der Waals surface area contributed by atoms with Crippen molar-refractivity contribution in [3.8, 4) is 5.75 Å². The van der Waals surface area contributed by atoms with Gasteiger partial charge in [0.15, 0.2) is 0 Å². The number of rotatable bonds is 5. The van der Waals surface area contributed by atoms with Crippen molar-refractivity contribution in [2.75, 3.05) is 43.1 Å². The van der Waals surface area contributed by atoms with Crippen LogP contribution in [0.4, 0.5) is 11.4 Å². The van der Waals surface area contributed by atoms with Crippen LogP contribution >= 0.6 is 0 Å². The molecule has 1 N–H and O–H groups in total. The molecule has 0 atom stereocenters. The average molecular weight is 380 g/mol. The van der Waals surface area contributed by atoms with Crippen LogP contribution in [0.3, 0.4) is 0 Å². The Hall–Kier alpha value is -2.76. The van der Waals surface area contributed by atoms with E-state index >= 15 is 0 Å². The molecule has 2 fully saturated rings. The van der Waals surface area contributed by atoms with Crippen LogP contribution in [0.5, 0.6) is 5.75 Å². The molecule has 6 heteroatoms. The smallest absolute Gasteiger partial charge is 0.270 e. The summed E-state index contributed by atoms with van der Waals surface area (Å²) in [6.45, 7) is 3.66. The lowest BCUT2D eigenvalue weighted by atomic mass is 10.2. The number of carbonyl (C=O) groups is 1. The van der Waals surface area contributed by atoms with Gasteiger partial charge in [-0.3, -0.25) is 4.79 Å². The summed E-state index contributed by atoms with van der Waals surface area (Å²) in [7, 11) is 1.71. The minimum Gasteiger partial charge on any atom is -0.495 e. The van der Waals surface area contributed by atoms with Crippen molar-refractivity contribution >= 4 is 17.3 Å². The molecule has 0 unspecified atom stereocenters. The number of methoxy groups -OCH3 is 1. The minimum atomic E-state index is -0.0561. The molecule has 1 aromatic heterocycles. The number of nitrogens with zero attached hydrogens (tertiary/aromatic N) is 3. The highest BCUT2D eigenvalue weighted by Gasteiger charge is 2.21. The van der Waals surface area contributed by atoms with Crippen LogP contribution < -0.4 is 19.9 Å². The molecule has 1 aromatic carbocycles. The number of nitrogens with one attached hydrogen (secondary N) is 1. The third-order valence-electron chi connectivity index (χ3n) is 5.74. The molecule has 2 aliphatic rings. The van der Waals surface area contributed by atoms with Gasteiger partial charge in [-0.15, -0.1) is 0 Å². The number of ether oxygens (including phenoxy) is 1. The predicted molar refractivity (Wildman–Crippen MR) is 111 cm³/mol. The van der Waals surface area contributed by atoms with Gasteiger partial charge in [0.1, 0.15) is 11.4 Å². The van der Waals surface area contributed by atoms with Crippen LogP contribution in [0.25, 0.3) is 0 Å². The molecule has 4 rings (SSSR count). The van der Waals surface area contributed by atoms with Gasteiger partial charge in [-0.25, -0.2) is 4.98 Å². The van der Waals surface area contributed by atoms with E-state index in [2.05, 4.69) is 26.2 Å². The second-order valence-electron chi connectivity index (χ2n) is 7.50. The molecule has 0 radical (unpaired) electrons. The number of amides is 1. The molecule has 28 heavy (non-hydrogen) atoms. The largest absolute Gasteiger partial charge is 0.495 e. The lowest BCUT2D eigenvalue weighted by Crippen LogP contribution is -2.46. The van der Waals surface area contributed by atoms with E-state index in [0.717, 1.165) is 56.1 Å². The average Bonchev–Trinajstić information content (AvgIpc) is 3.27. The maximum absolute atomic E-state index is 12.3. The maximum atomic E-state index is 12.3. The van der Waals surface area contributed by atoms with Crippen LogP contribution in [0.2, 0.25) is 0 Å². The van der Waals surface area contributed by atoms with Crippen molar-refractivity contribution in [3.63, 3.8) is 0 Å². The quantitative estimate of drug-likeness (QED) is 0.864. The third-order valence-corrected chi connectivity index (χ3v) is 5.74. The zero-order valence-electron chi connectivity index (χ0n) is 16.4. The van der Waals surface area contributed by atoms with E-state index in [9.17, 15) is 4.79 Å². The van der Waals surface area contributed by atoms with Crippen molar-refractivity contribution in [1.29, 1.82) is 0 Å². The van der Waals surface area contributed by atoms with Crippen LogP contribution in [0, 0.1) is 0 Å². The van der Waals surface area contributed by atoms with Gasteiger partial charge in [0.05, 0.1) is 24.7 Å². The highest BCUT2D eigenvalue weighted by atomic mass is 16.5. The summed E-state index contributed by atoms with van der Waals surface area (Å²) in [6, 6.07) is 12.3. The first-order valence-electron chi connectivity index (χ1n) is 10.1. The summed E-state index contributed by atoms with van der Waals surface area (Å²) in [5.74, 6) is 0.856. The Labute approximate surface area is 166 Å². The lowest BCUT2D eigenvalue weighted by Gasteiger charge is -2.37. The number of aromatic nitrogens is 1. The van der Waals surface area contributed by atoms with Gasteiger partial charge in [0.2, 0.25) is 0 Å². The maximum Gasteiger partial charge on any atom is 0.270 e. The summed E-state index contributed by atoms with van der Waals surface area (Å²) in [6.07, 6.45) is 6.40. The Kier molecular flexibility index (Phi) is 5.65. The van der Waals surface area contributed by atoms with Crippen molar-refractivity contribution < 1.29 is 9.53 Å². The van der Waals surface area contributed by atoms with Gasteiger partial charge < -0.3 is 19.9 Å². The second kappa shape index (κ2) is 8.50. The van der Waals surface area contributed by atoms with Gasteiger partial charge in [0.25, 0.3) is 5.91 Å². The molecule has 0 bridgehead atoms. The van der Waals surface area contributed by atoms with Gasteiger partial charge in [-0.2, -0.15) is 0 Å². The first-order valence-corrected chi connectivity index (χ1v) is 10.1. The van der Waals surface area contributed by atoms with Crippen molar-refractivity contribution in [1.82, 2.24) is 10.3 Å². The Morgan fingerprint density at radius 2 is 1.75 bits per heavy atom.